The maximum absolute atomic E-state index is 3.41. The summed E-state index contributed by atoms with van der Waals surface area (Å²) in [6, 6.07) is 0. The Hall–Kier alpha value is -0.0800. The van der Waals surface area contributed by atoms with Gasteiger partial charge in [-0.3, -0.25) is 0 Å². The first-order valence-electron chi connectivity index (χ1n) is 4.29. The van der Waals surface area contributed by atoms with Crippen molar-refractivity contribution < 1.29 is 0 Å². The van der Waals surface area contributed by atoms with Crippen LogP contribution < -0.4 is 10.6 Å². The van der Waals surface area contributed by atoms with Crippen LogP contribution in [-0.4, -0.2) is 19.3 Å². The lowest BCUT2D eigenvalue weighted by Gasteiger charge is -2.28. The van der Waals surface area contributed by atoms with Crippen LogP contribution in [-0.2, 0) is 0 Å². The summed E-state index contributed by atoms with van der Waals surface area (Å²) in [7, 11) is 0. The minimum atomic E-state index is 0.521. The van der Waals surface area contributed by atoms with Crippen molar-refractivity contribution >= 4 is 0 Å². The third kappa shape index (κ3) is 2.27. The number of nitrogens with one attached hydrogen (secondary N) is 2. The molecular weight excluding hydrogens is 124 g/mol. The van der Waals surface area contributed by atoms with Crippen LogP contribution in [0.15, 0.2) is 0 Å². The van der Waals surface area contributed by atoms with Crippen LogP contribution in [0.25, 0.3) is 0 Å². The van der Waals surface area contributed by atoms with Gasteiger partial charge in [-0.25, -0.2) is 0 Å². The molecule has 60 valence electrons. The molecule has 0 aromatic rings. The number of hydrogen-bond donors (Lipinski definition) is 2. The molecule has 1 rings (SSSR count). The molecular formula is C8H18N2. The number of rotatable bonds is 2. The molecule has 1 fully saturated rings. The normalized spacial score (nSPS) is 34.2. The van der Waals surface area contributed by atoms with Crippen molar-refractivity contribution in [1.82, 2.24) is 10.6 Å². The van der Waals surface area contributed by atoms with E-state index < -0.39 is 0 Å². The molecule has 0 spiro atoms. The zero-order valence-corrected chi connectivity index (χ0v) is 6.98. The standard InChI is InChI=1S/C8H18N2/c1-3-4-8-5-9-7(2)10-6-8/h7-10H,3-6H2,1-2H3. The molecule has 0 aliphatic carbocycles. The van der Waals surface area contributed by atoms with E-state index in [-0.39, 0.29) is 0 Å². The van der Waals surface area contributed by atoms with Gasteiger partial charge in [0.05, 0.1) is 6.17 Å². The molecule has 10 heavy (non-hydrogen) atoms. The molecule has 0 radical (unpaired) electrons. The predicted octanol–water partition coefficient (Wildman–Crippen LogP) is 0.942. The summed E-state index contributed by atoms with van der Waals surface area (Å²) in [6.07, 6.45) is 3.18. The molecule has 0 aromatic heterocycles. The van der Waals surface area contributed by atoms with E-state index in [0.29, 0.717) is 6.17 Å². The van der Waals surface area contributed by atoms with Crippen molar-refractivity contribution in [2.24, 2.45) is 5.92 Å². The molecule has 1 heterocycles. The second kappa shape index (κ2) is 3.94. The Morgan fingerprint density at radius 1 is 1.30 bits per heavy atom. The first kappa shape index (κ1) is 8.02. The highest BCUT2D eigenvalue weighted by molar-refractivity contribution is 4.73. The third-order valence-electron chi connectivity index (χ3n) is 2.12. The Balaban J connectivity index is 2.13. The summed E-state index contributed by atoms with van der Waals surface area (Å²) in [5.41, 5.74) is 0. The van der Waals surface area contributed by atoms with Crippen LogP contribution >= 0.6 is 0 Å². The quantitative estimate of drug-likeness (QED) is 0.599. The number of hydrogen-bond acceptors (Lipinski definition) is 2. The lowest BCUT2D eigenvalue weighted by atomic mass is 10.0. The molecule has 0 atom stereocenters. The molecule has 2 heteroatoms. The van der Waals surface area contributed by atoms with Crippen LogP contribution in [0.1, 0.15) is 26.7 Å². The first-order chi connectivity index (χ1) is 4.83. The second-order valence-corrected chi connectivity index (χ2v) is 3.19. The van der Waals surface area contributed by atoms with Gasteiger partial charge >= 0.3 is 0 Å². The molecule has 2 nitrogen and oxygen atoms in total. The summed E-state index contributed by atoms with van der Waals surface area (Å²) in [6.45, 7) is 6.81. The van der Waals surface area contributed by atoms with Gasteiger partial charge in [0.15, 0.2) is 0 Å². The Kier molecular flexibility index (Phi) is 3.16. The van der Waals surface area contributed by atoms with Gasteiger partial charge in [-0.2, -0.15) is 0 Å². The van der Waals surface area contributed by atoms with Gasteiger partial charge in [0.1, 0.15) is 0 Å². The molecule has 1 saturated heterocycles. The summed E-state index contributed by atoms with van der Waals surface area (Å²) < 4.78 is 0. The highest BCUT2D eigenvalue weighted by atomic mass is 15.1. The van der Waals surface area contributed by atoms with Crippen LogP contribution in [0.3, 0.4) is 0 Å². The first-order valence-corrected chi connectivity index (χ1v) is 4.29. The van der Waals surface area contributed by atoms with E-state index in [9.17, 15) is 0 Å². The molecule has 0 bridgehead atoms. The fourth-order valence-electron chi connectivity index (χ4n) is 1.44. The lowest BCUT2D eigenvalue weighted by molar-refractivity contribution is 0.296. The molecule has 1 aliphatic heterocycles. The van der Waals surface area contributed by atoms with Crippen molar-refractivity contribution in [2.75, 3.05) is 13.1 Å². The molecule has 1 aliphatic rings. The Morgan fingerprint density at radius 2 is 1.90 bits per heavy atom. The van der Waals surface area contributed by atoms with Crippen LogP contribution in [0.2, 0.25) is 0 Å². The average Bonchev–Trinajstić information content (AvgIpc) is 1.95. The topological polar surface area (TPSA) is 24.1 Å². The van der Waals surface area contributed by atoms with Crippen molar-refractivity contribution in [3.63, 3.8) is 0 Å². The Labute approximate surface area is 63.4 Å². The fourth-order valence-corrected chi connectivity index (χ4v) is 1.44. The van der Waals surface area contributed by atoms with E-state index in [0.717, 1.165) is 5.92 Å². The Bertz CT molecular complexity index is 85.3. The largest absolute Gasteiger partial charge is 0.302 e. The van der Waals surface area contributed by atoms with Gasteiger partial charge in [-0.15, -0.1) is 0 Å². The summed E-state index contributed by atoms with van der Waals surface area (Å²) in [4.78, 5) is 0. The minimum Gasteiger partial charge on any atom is -0.302 e. The van der Waals surface area contributed by atoms with Crippen molar-refractivity contribution in [1.29, 1.82) is 0 Å². The predicted molar refractivity (Wildman–Crippen MR) is 43.9 cm³/mol. The second-order valence-electron chi connectivity index (χ2n) is 3.19. The van der Waals surface area contributed by atoms with E-state index >= 15 is 0 Å². The van der Waals surface area contributed by atoms with E-state index in [4.69, 9.17) is 0 Å². The van der Waals surface area contributed by atoms with Crippen molar-refractivity contribution in [3.8, 4) is 0 Å². The van der Waals surface area contributed by atoms with Crippen molar-refractivity contribution in [3.05, 3.63) is 0 Å². The van der Waals surface area contributed by atoms with Crippen molar-refractivity contribution in [2.45, 2.75) is 32.9 Å². The zero-order valence-electron chi connectivity index (χ0n) is 6.98. The Morgan fingerprint density at radius 3 is 2.40 bits per heavy atom. The van der Waals surface area contributed by atoms with Gasteiger partial charge in [0, 0.05) is 13.1 Å². The summed E-state index contributed by atoms with van der Waals surface area (Å²) >= 11 is 0. The van der Waals surface area contributed by atoms with Gasteiger partial charge in [-0.05, 0) is 19.3 Å². The van der Waals surface area contributed by atoms with Gasteiger partial charge in [0.2, 0.25) is 0 Å². The fraction of sp³-hybridized carbons (Fsp3) is 1.00. The smallest absolute Gasteiger partial charge is 0.0542 e. The van der Waals surface area contributed by atoms with Gasteiger partial charge in [0.25, 0.3) is 0 Å². The van der Waals surface area contributed by atoms with Crippen LogP contribution in [0.5, 0.6) is 0 Å². The maximum Gasteiger partial charge on any atom is 0.0542 e. The molecule has 0 saturated carbocycles. The lowest BCUT2D eigenvalue weighted by Crippen LogP contribution is -2.50. The van der Waals surface area contributed by atoms with Gasteiger partial charge < -0.3 is 10.6 Å². The monoisotopic (exact) mass is 142 g/mol. The SMILES string of the molecule is CCCC1CNC(C)NC1. The molecule has 0 aromatic carbocycles. The van der Waals surface area contributed by atoms with E-state index in [1.54, 1.807) is 0 Å². The average molecular weight is 142 g/mol. The third-order valence-corrected chi connectivity index (χ3v) is 2.12. The molecule has 0 unspecified atom stereocenters. The molecule has 0 amide bonds. The maximum atomic E-state index is 3.41. The van der Waals surface area contributed by atoms with Crippen LogP contribution in [0.4, 0.5) is 0 Å². The van der Waals surface area contributed by atoms with E-state index in [1.807, 2.05) is 0 Å². The summed E-state index contributed by atoms with van der Waals surface area (Å²) in [5.74, 6) is 0.862. The summed E-state index contributed by atoms with van der Waals surface area (Å²) in [5, 5.41) is 6.81. The highest BCUT2D eigenvalue weighted by Crippen LogP contribution is 2.06. The highest BCUT2D eigenvalue weighted by Gasteiger charge is 2.14. The van der Waals surface area contributed by atoms with Crippen LogP contribution in [0, 0.1) is 5.92 Å². The van der Waals surface area contributed by atoms with E-state index in [2.05, 4.69) is 24.5 Å². The van der Waals surface area contributed by atoms with Gasteiger partial charge in [-0.1, -0.05) is 13.3 Å². The minimum absolute atomic E-state index is 0.521. The zero-order chi connectivity index (χ0) is 7.40. The van der Waals surface area contributed by atoms with E-state index in [1.165, 1.54) is 25.9 Å². The molecule has 2 N–H and O–H groups in total.